The van der Waals surface area contributed by atoms with Crippen LogP contribution in [0.15, 0.2) is 53.5 Å². The molecule has 2 aromatic carbocycles. The van der Waals surface area contributed by atoms with Gasteiger partial charge in [-0.05, 0) is 36.8 Å². The van der Waals surface area contributed by atoms with Gasteiger partial charge in [0.05, 0.1) is 17.4 Å². The van der Waals surface area contributed by atoms with Crippen molar-refractivity contribution >= 4 is 23.6 Å². The molecule has 1 N–H and O–H groups in total. The number of ether oxygens (including phenoxy) is 1. The summed E-state index contributed by atoms with van der Waals surface area (Å²) in [4.78, 5) is 17.2. The van der Waals surface area contributed by atoms with Gasteiger partial charge in [0.25, 0.3) is 0 Å². The SMILES string of the molecule is C/N=C(/NCC1CCO1)c1ccc(C(F)(F)F)cc1N(C=O)c1ccccc1. The molecule has 0 aromatic heterocycles. The van der Waals surface area contributed by atoms with Crippen molar-refractivity contribution in [1.82, 2.24) is 5.32 Å². The Labute approximate surface area is 160 Å². The summed E-state index contributed by atoms with van der Waals surface area (Å²) in [6.45, 7) is 1.18. The number of carbonyl (C=O) groups excluding carboxylic acids is 1. The summed E-state index contributed by atoms with van der Waals surface area (Å²) in [5, 5.41) is 3.12. The van der Waals surface area contributed by atoms with Crippen molar-refractivity contribution < 1.29 is 22.7 Å². The predicted octanol–water partition coefficient (Wildman–Crippen LogP) is 3.75. The number of benzene rings is 2. The second-order valence-electron chi connectivity index (χ2n) is 6.28. The van der Waals surface area contributed by atoms with E-state index in [1.165, 1.54) is 11.0 Å². The van der Waals surface area contributed by atoms with Gasteiger partial charge < -0.3 is 10.1 Å². The highest BCUT2D eigenvalue weighted by molar-refractivity contribution is 6.06. The van der Waals surface area contributed by atoms with Crippen LogP contribution in [-0.4, -0.2) is 38.5 Å². The molecule has 1 aliphatic heterocycles. The second kappa shape index (κ2) is 8.43. The van der Waals surface area contributed by atoms with Gasteiger partial charge in [-0.3, -0.25) is 14.7 Å². The number of hydrogen-bond donors (Lipinski definition) is 1. The van der Waals surface area contributed by atoms with Gasteiger partial charge in [0.15, 0.2) is 0 Å². The van der Waals surface area contributed by atoms with E-state index in [4.69, 9.17) is 4.74 Å². The largest absolute Gasteiger partial charge is 0.416 e. The van der Waals surface area contributed by atoms with Gasteiger partial charge in [-0.25, -0.2) is 0 Å². The zero-order valence-corrected chi connectivity index (χ0v) is 15.2. The lowest BCUT2D eigenvalue weighted by molar-refractivity contribution is -0.137. The van der Waals surface area contributed by atoms with E-state index in [-0.39, 0.29) is 11.8 Å². The molecule has 5 nitrogen and oxygen atoms in total. The highest BCUT2D eigenvalue weighted by Crippen LogP contribution is 2.35. The van der Waals surface area contributed by atoms with E-state index in [9.17, 15) is 18.0 Å². The summed E-state index contributed by atoms with van der Waals surface area (Å²) < 4.78 is 45.2. The van der Waals surface area contributed by atoms with Crippen LogP contribution in [0.1, 0.15) is 17.5 Å². The Kier molecular flexibility index (Phi) is 5.99. The molecule has 1 fully saturated rings. The van der Waals surface area contributed by atoms with Crippen molar-refractivity contribution in [2.24, 2.45) is 4.99 Å². The number of alkyl halides is 3. The fraction of sp³-hybridized carbons (Fsp3) is 0.300. The molecule has 0 saturated carbocycles. The van der Waals surface area contributed by atoms with Gasteiger partial charge in [-0.2, -0.15) is 13.2 Å². The Morgan fingerprint density at radius 3 is 2.54 bits per heavy atom. The Balaban J connectivity index is 2.04. The maximum absolute atomic E-state index is 13.3. The number of halogens is 3. The average Bonchev–Trinajstić information content (AvgIpc) is 2.65. The minimum atomic E-state index is -4.53. The van der Waals surface area contributed by atoms with Gasteiger partial charge >= 0.3 is 6.18 Å². The minimum Gasteiger partial charge on any atom is -0.376 e. The molecule has 1 amide bonds. The van der Waals surface area contributed by atoms with Crippen molar-refractivity contribution in [3.8, 4) is 0 Å². The molecule has 28 heavy (non-hydrogen) atoms. The summed E-state index contributed by atoms with van der Waals surface area (Å²) in [5.41, 5.74) is 0.104. The smallest absolute Gasteiger partial charge is 0.376 e. The van der Waals surface area contributed by atoms with Crippen molar-refractivity contribution in [3.63, 3.8) is 0 Å². The van der Waals surface area contributed by atoms with Crippen molar-refractivity contribution in [3.05, 3.63) is 59.7 Å². The number of amidine groups is 1. The van der Waals surface area contributed by atoms with Gasteiger partial charge in [-0.15, -0.1) is 0 Å². The van der Waals surface area contributed by atoms with E-state index in [1.54, 1.807) is 37.4 Å². The number of hydrogen-bond acceptors (Lipinski definition) is 3. The van der Waals surface area contributed by atoms with Crippen LogP contribution in [-0.2, 0) is 15.7 Å². The summed E-state index contributed by atoms with van der Waals surface area (Å²) >= 11 is 0. The first kappa shape index (κ1) is 19.9. The number of aliphatic imine (C=N–C) groups is 1. The third-order valence-corrected chi connectivity index (χ3v) is 4.49. The lowest BCUT2D eigenvalue weighted by Crippen LogP contribution is -2.40. The van der Waals surface area contributed by atoms with E-state index >= 15 is 0 Å². The second-order valence-corrected chi connectivity index (χ2v) is 6.28. The normalized spacial score (nSPS) is 17.0. The Morgan fingerprint density at radius 2 is 2.00 bits per heavy atom. The molecular weight excluding hydrogens is 371 g/mol. The monoisotopic (exact) mass is 391 g/mol. The standard InChI is InChI=1S/C20H20F3N3O2/c1-24-19(25-12-16-9-10-28-16)17-8-7-14(20(21,22)23)11-18(17)26(13-27)15-5-3-2-4-6-15/h2-8,11,13,16H,9-10,12H2,1H3,(H,24,25). The number of para-hydroxylation sites is 1. The van der Waals surface area contributed by atoms with Crippen LogP contribution in [0.2, 0.25) is 0 Å². The van der Waals surface area contributed by atoms with E-state index in [0.29, 0.717) is 36.6 Å². The molecule has 2 aromatic rings. The number of nitrogens with one attached hydrogen (secondary N) is 1. The summed E-state index contributed by atoms with van der Waals surface area (Å²) in [6.07, 6.45) is -3.08. The third kappa shape index (κ3) is 4.33. The molecule has 1 saturated heterocycles. The fourth-order valence-electron chi connectivity index (χ4n) is 2.90. The van der Waals surface area contributed by atoms with Gasteiger partial charge in [0.2, 0.25) is 6.41 Å². The summed E-state index contributed by atoms with van der Waals surface area (Å²) in [7, 11) is 1.54. The molecule has 1 unspecified atom stereocenters. The number of nitrogens with zero attached hydrogens (tertiary/aromatic N) is 2. The molecule has 148 valence electrons. The van der Waals surface area contributed by atoms with E-state index in [1.807, 2.05) is 0 Å². The Morgan fingerprint density at radius 1 is 1.29 bits per heavy atom. The van der Waals surface area contributed by atoms with Crippen LogP contribution in [0.25, 0.3) is 0 Å². The number of amides is 1. The quantitative estimate of drug-likeness (QED) is 0.464. The lowest BCUT2D eigenvalue weighted by Gasteiger charge is -2.28. The van der Waals surface area contributed by atoms with Gasteiger partial charge in [0, 0.05) is 31.5 Å². The molecule has 1 aliphatic rings. The average molecular weight is 391 g/mol. The van der Waals surface area contributed by atoms with Crippen LogP contribution < -0.4 is 10.2 Å². The molecule has 0 radical (unpaired) electrons. The zero-order chi connectivity index (χ0) is 20.1. The van der Waals surface area contributed by atoms with Crippen molar-refractivity contribution in [1.29, 1.82) is 0 Å². The van der Waals surface area contributed by atoms with E-state index in [0.717, 1.165) is 18.6 Å². The number of rotatable bonds is 6. The van der Waals surface area contributed by atoms with E-state index < -0.39 is 11.7 Å². The molecule has 0 aliphatic carbocycles. The number of anilines is 2. The topological polar surface area (TPSA) is 53.9 Å². The van der Waals surface area contributed by atoms with Crippen LogP contribution in [0.5, 0.6) is 0 Å². The first-order valence-electron chi connectivity index (χ1n) is 8.77. The molecule has 3 rings (SSSR count). The molecule has 0 spiro atoms. The molecule has 8 heteroatoms. The molecule has 0 bridgehead atoms. The summed E-state index contributed by atoms with van der Waals surface area (Å²) in [6, 6.07) is 11.8. The number of carbonyl (C=O) groups is 1. The first-order valence-corrected chi connectivity index (χ1v) is 8.77. The fourth-order valence-corrected chi connectivity index (χ4v) is 2.90. The third-order valence-electron chi connectivity index (χ3n) is 4.49. The lowest BCUT2D eigenvalue weighted by atomic mass is 10.1. The van der Waals surface area contributed by atoms with Crippen LogP contribution in [0.4, 0.5) is 24.5 Å². The van der Waals surface area contributed by atoms with Crippen molar-refractivity contribution in [2.45, 2.75) is 18.7 Å². The Bertz CT molecular complexity index is 850. The first-order chi connectivity index (χ1) is 13.4. The predicted molar refractivity (Wildman–Crippen MR) is 101 cm³/mol. The highest BCUT2D eigenvalue weighted by Gasteiger charge is 2.32. The van der Waals surface area contributed by atoms with Crippen molar-refractivity contribution in [2.75, 3.05) is 25.1 Å². The Hall–Kier alpha value is -2.87. The summed E-state index contributed by atoms with van der Waals surface area (Å²) in [5.74, 6) is 0.391. The van der Waals surface area contributed by atoms with E-state index in [2.05, 4.69) is 10.3 Å². The van der Waals surface area contributed by atoms with Gasteiger partial charge in [0.1, 0.15) is 5.84 Å². The van der Waals surface area contributed by atoms with Crippen LogP contribution >= 0.6 is 0 Å². The maximum Gasteiger partial charge on any atom is 0.416 e. The molecule has 1 atom stereocenters. The van der Waals surface area contributed by atoms with Gasteiger partial charge in [-0.1, -0.05) is 18.2 Å². The zero-order valence-electron chi connectivity index (χ0n) is 15.2. The molecular formula is C20H20F3N3O2. The van der Waals surface area contributed by atoms with Crippen LogP contribution in [0.3, 0.4) is 0 Å². The minimum absolute atomic E-state index is 0.0472. The maximum atomic E-state index is 13.3. The van der Waals surface area contributed by atoms with Crippen LogP contribution in [0, 0.1) is 0 Å². The molecule has 1 heterocycles. The highest BCUT2D eigenvalue weighted by atomic mass is 19.4.